The zero-order chi connectivity index (χ0) is 30.5. The number of carbonyl (C=O) groups excluding carboxylic acids is 2. The monoisotopic (exact) mass is 566 g/mol. The van der Waals surface area contributed by atoms with Crippen molar-refractivity contribution in [3.63, 3.8) is 0 Å². The maximum Gasteiger partial charge on any atom is 0.513 e. The fourth-order valence-electron chi connectivity index (χ4n) is 4.07. The molecule has 7 heteroatoms. The van der Waals surface area contributed by atoms with Crippen LogP contribution in [0.1, 0.15) is 77.6 Å². The van der Waals surface area contributed by atoms with Gasteiger partial charge in [-0.3, -0.25) is 0 Å². The number of hydrogen-bond donors (Lipinski definition) is 0. The molecule has 224 valence electrons. The number of rotatable bonds is 12. The van der Waals surface area contributed by atoms with Gasteiger partial charge in [-0.25, -0.2) is 9.59 Å². The summed E-state index contributed by atoms with van der Waals surface area (Å²) in [5, 5.41) is 0. The van der Waals surface area contributed by atoms with Crippen LogP contribution in [0.15, 0.2) is 72.2 Å². The second-order valence-corrected chi connectivity index (χ2v) is 12.2. The molecule has 0 unspecified atom stereocenters. The van der Waals surface area contributed by atoms with Gasteiger partial charge in [0.05, 0.1) is 25.7 Å². The standard InChI is InChI=1S/C34H46O7/c1-25(21-27-13-15-29(16-14-27)33(3,4)5)23-40-31(35)38-19-17-37-18-20-39-32(36)41-24-26(2)22-28-11-9-10-12-30(28)34(6,7)8/h9-16,23-24H,17-22H2,1-8H3/b25-23+,26-24-. The first kappa shape index (κ1) is 33.6. The number of benzene rings is 2. The minimum Gasteiger partial charge on any atom is -0.432 e. The summed E-state index contributed by atoms with van der Waals surface area (Å²) in [6, 6.07) is 16.7. The smallest absolute Gasteiger partial charge is 0.432 e. The van der Waals surface area contributed by atoms with Crippen molar-refractivity contribution in [2.45, 2.75) is 79.1 Å². The van der Waals surface area contributed by atoms with Crippen LogP contribution in [0.5, 0.6) is 0 Å². The van der Waals surface area contributed by atoms with Crippen LogP contribution in [0.2, 0.25) is 0 Å². The third-order valence-corrected chi connectivity index (χ3v) is 6.21. The maximum atomic E-state index is 11.9. The lowest BCUT2D eigenvalue weighted by molar-refractivity contribution is 0.0199. The normalized spacial score (nSPS) is 12.6. The van der Waals surface area contributed by atoms with E-state index in [4.69, 9.17) is 23.7 Å². The molecule has 0 atom stereocenters. The van der Waals surface area contributed by atoms with Gasteiger partial charge in [0.2, 0.25) is 0 Å². The predicted octanol–water partition coefficient (Wildman–Crippen LogP) is 8.20. The van der Waals surface area contributed by atoms with Crippen LogP contribution in [0.25, 0.3) is 0 Å². The highest BCUT2D eigenvalue weighted by molar-refractivity contribution is 5.61. The van der Waals surface area contributed by atoms with Crippen molar-refractivity contribution in [3.8, 4) is 0 Å². The third kappa shape index (κ3) is 13.1. The molecule has 0 amide bonds. The summed E-state index contributed by atoms with van der Waals surface area (Å²) in [6.07, 6.45) is 2.56. The fraction of sp³-hybridized carbons (Fsp3) is 0.471. The molecule has 2 rings (SSSR count). The summed E-state index contributed by atoms with van der Waals surface area (Å²) in [5.74, 6) is 0. The Labute approximate surface area is 245 Å². The summed E-state index contributed by atoms with van der Waals surface area (Å²) in [5.41, 5.74) is 6.79. The Hall–Kier alpha value is -3.58. The van der Waals surface area contributed by atoms with E-state index < -0.39 is 12.3 Å². The van der Waals surface area contributed by atoms with E-state index in [0.717, 1.165) is 16.7 Å². The van der Waals surface area contributed by atoms with Crippen molar-refractivity contribution in [1.29, 1.82) is 0 Å². The van der Waals surface area contributed by atoms with Crippen LogP contribution < -0.4 is 0 Å². The Balaban J connectivity index is 1.58. The topological polar surface area (TPSA) is 80.3 Å². The van der Waals surface area contributed by atoms with Crippen LogP contribution in [-0.4, -0.2) is 38.7 Å². The quantitative estimate of drug-likeness (QED) is 0.145. The minimum atomic E-state index is -0.803. The van der Waals surface area contributed by atoms with Gasteiger partial charge in [-0.05, 0) is 70.9 Å². The maximum absolute atomic E-state index is 11.9. The van der Waals surface area contributed by atoms with Crippen molar-refractivity contribution in [1.82, 2.24) is 0 Å². The van der Waals surface area contributed by atoms with Gasteiger partial charge >= 0.3 is 12.3 Å². The van der Waals surface area contributed by atoms with E-state index in [1.807, 2.05) is 26.0 Å². The molecule has 0 aliphatic rings. The number of hydrogen-bond acceptors (Lipinski definition) is 7. The third-order valence-electron chi connectivity index (χ3n) is 6.21. The lowest BCUT2D eigenvalue weighted by Gasteiger charge is -2.23. The molecule has 41 heavy (non-hydrogen) atoms. The van der Waals surface area contributed by atoms with Crippen LogP contribution >= 0.6 is 0 Å². The molecule has 0 aromatic heterocycles. The Kier molecular flexibility index (Phi) is 13.1. The molecular weight excluding hydrogens is 520 g/mol. The molecule has 0 radical (unpaired) electrons. The van der Waals surface area contributed by atoms with Gasteiger partial charge in [0.15, 0.2) is 0 Å². The van der Waals surface area contributed by atoms with Crippen LogP contribution in [0.4, 0.5) is 9.59 Å². The fourth-order valence-corrected chi connectivity index (χ4v) is 4.07. The van der Waals surface area contributed by atoms with E-state index in [9.17, 15) is 9.59 Å². The summed E-state index contributed by atoms with van der Waals surface area (Å²) >= 11 is 0. The second-order valence-electron chi connectivity index (χ2n) is 12.2. The predicted molar refractivity (Wildman–Crippen MR) is 161 cm³/mol. The first-order valence-electron chi connectivity index (χ1n) is 14.0. The van der Waals surface area contributed by atoms with Crippen LogP contribution in [0, 0.1) is 0 Å². The highest BCUT2D eigenvalue weighted by Gasteiger charge is 2.17. The first-order valence-corrected chi connectivity index (χ1v) is 14.0. The molecular formula is C34H46O7. The molecule has 0 N–H and O–H groups in total. The van der Waals surface area contributed by atoms with Gasteiger partial charge in [0.25, 0.3) is 0 Å². The Morgan fingerprint density at radius 2 is 1.17 bits per heavy atom. The van der Waals surface area contributed by atoms with E-state index in [1.54, 1.807) is 0 Å². The Morgan fingerprint density at radius 1 is 0.659 bits per heavy atom. The average molecular weight is 567 g/mol. The largest absolute Gasteiger partial charge is 0.513 e. The van der Waals surface area contributed by atoms with Gasteiger partial charge in [-0.1, -0.05) is 90.1 Å². The molecule has 2 aromatic rings. The first-order chi connectivity index (χ1) is 19.3. The highest BCUT2D eigenvalue weighted by Crippen LogP contribution is 2.27. The van der Waals surface area contributed by atoms with Gasteiger partial charge in [-0.2, -0.15) is 0 Å². The summed E-state index contributed by atoms with van der Waals surface area (Å²) in [4.78, 5) is 23.7. The SMILES string of the molecule is C/C(=C/OC(=O)OCCOCCOC(=O)O/C=C(\C)Cc1ccc(C(C)(C)C)cc1)Cc1ccccc1C(C)(C)C. The van der Waals surface area contributed by atoms with Crippen molar-refractivity contribution in [2.24, 2.45) is 0 Å². The zero-order valence-electron chi connectivity index (χ0n) is 25.9. The highest BCUT2D eigenvalue weighted by atomic mass is 16.7. The number of allylic oxidation sites excluding steroid dienone is 2. The minimum absolute atomic E-state index is 0.0156. The summed E-state index contributed by atoms with van der Waals surface area (Å²) < 4.78 is 25.5. The van der Waals surface area contributed by atoms with E-state index in [2.05, 4.69) is 77.9 Å². The molecule has 0 aliphatic heterocycles. The van der Waals surface area contributed by atoms with E-state index in [1.165, 1.54) is 29.2 Å². The van der Waals surface area contributed by atoms with Gasteiger partial charge in [0.1, 0.15) is 13.2 Å². The van der Waals surface area contributed by atoms with Gasteiger partial charge in [-0.15, -0.1) is 0 Å². The molecule has 0 aliphatic carbocycles. The van der Waals surface area contributed by atoms with E-state index in [-0.39, 0.29) is 37.3 Å². The zero-order valence-corrected chi connectivity index (χ0v) is 25.9. The van der Waals surface area contributed by atoms with Gasteiger partial charge in [0, 0.05) is 0 Å². The Morgan fingerprint density at radius 3 is 1.68 bits per heavy atom. The average Bonchev–Trinajstić information content (AvgIpc) is 2.89. The van der Waals surface area contributed by atoms with E-state index in [0.29, 0.717) is 12.8 Å². The van der Waals surface area contributed by atoms with Crippen molar-refractivity contribution in [3.05, 3.63) is 94.5 Å². The van der Waals surface area contributed by atoms with Crippen LogP contribution in [0.3, 0.4) is 0 Å². The molecule has 0 bridgehead atoms. The van der Waals surface area contributed by atoms with Crippen molar-refractivity contribution < 1.29 is 33.3 Å². The number of carbonyl (C=O) groups is 2. The summed E-state index contributed by atoms with van der Waals surface area (Å²) in [7, 11) is 0. The lowest BCUT2D eigenvalue weighted by Crippen LogP contribution is -2.15. The van der Waals surface area contributed by atoms with Crippen molar-refractivity contribution in [2.75, 3.05) is 26.4 Å². The van der Waals surface area contributed by atoms with Crippen LogP contribution in [-0.2, 0) is 47.4 Å². The molecule has 0 saturated heterocycles. The molecule has 0 heterocycles. The molecule has 0 spiro atoms. The summed E-state index contributed by atoms with van der Waals surface area (Å²) in [6.45, 7) is 17.2. The second kappa shape index (κ2) is 16.0. The molecule has 0 saturated carbocycles. The lowest BCUT2D eigenvalue weighted by atomic mass is 9.82. The number of ether oxygens (including phenoxy) is 5. The van der Waals surface area contributed by atoms with Gasteiger partial charge < -0.3 is 23.7 Å². The molecule has 7 nitrogen and oxygen atoms in total. The van der Waals surface area contributed by atoms with E-state index >= 15 is 0 Å². The molecule has 0 fully saturated rings. The molecule has 2 aromatic carbocycles. The van der Waals surface area contributed by atoms with Crippen molar-refractivity contribution >= 4 is 12.3 Å². The Bertz CT molecular complexity index is 1180.